The molecule has 1 unspecified atom stereocenters. The Morgan fingerprint density at radius 1 is 1.53 bits per heavy atom. The van der Waals surface area contributed by atoms with Crippen LogP contribution in [-0.2, 0) is 11.3 Å². The van der Waals surface area contributed by atoms with Crippen molar-refractivity contribution in [1.29, 1.82) is 0 Å². The topological polar surface area (TPSA) is 33.3 Å². The molecule has 0 aliphatic rings. The molecule has 0 fully saturated rings. The van der Waals surface area contributed by atoms with Gasteiger partial charge in [0.25, 0.3) is 0 Å². The van der Waals surface area contributed by atoms with Crippen molar-refractivity contribution in [3.05, 3.63) is 22.4 Å². The zero-order chi connectivity index (χ0) is 10.9. The molecular formula is C11H20N2OS. The fourth-order valence-electron chi connectivity index (χ4n) is 1.25. The molecule has 0 radical (unpaired) electrons. The van der Waals surface area contributed by atoms with Crippen LogP contribution in [0.5, 0.6) is 0 Å². The number of methoxy groups -OCH3 is 1. The highest BCUT2D eigenvalue weighted by Crippen LogP contribution is 2.05. The summed E-state index contributed by atoms with van der Waals surface area (Å²) in [5, 5.41) is 11.1. The van der Waals surface area contributed by atoms with Crippen LogP contribution in [0.4, 0.5) is 0 Å². The molecule has 0 aromatic carbocycles. The highest BCUT2D eigenvalue weighted by molar-refractivity contribution is 7.07. The van der Waals surface area contributed by atoms with Gasteiger partial charge in [-0.3, -0.25) is 0 Å². The van der Waals surface area contributed by atoms with Gasteiger partial charge < -0.3 is 15.4 Å². The van der Waals surface area contributed by atoms with Crippen molar-refractivity contribution in [1.82, 2.24) is 10.6 Å². The first-order valence-electron chi connectivity index (χ1n) is 5.27. The summed E-state index contributed by atoms with van der Waals surface area (Å²) in [4.78, 5) is 0. The maximum absolute atomic E-state index is 4.96. The first kappa shape index (κ1) is 12.6. The van der Waals surface area contributed by atoms with Crippen LogP contribution in [0.2, 0.25) is 0 Å². The summed E-state index contributed by atoms with van der Waals surface area (Å²) in [5.74, 6) is 0. The van der Waals surface area contributed by atoms with E-state index in [1.807, 2.05) is 0 Å². The van der Waals surface area contributed by atoms with E-state index in [2.05, 4.69) is 34.4 Å². The number of hydrogen-bond donors (Lipinski definition) is 2. The monoisotopic (exact) mass is 228 g/mol. The number of hydrogen-bond acceptors (Lipinski definition) is 4. The number of ether oxygens (including phenoxy) is 1. The van der Waals surface area contributed by atoms with Crippen LogP contribution < -0.4 is 10.6 Å². The number of nitrogens with one attached hydrogen (secondary N) is 2. The van der Waals surface area contributed by atoms with Gasteiger partial charge in [-0.1, -0.05) is 0 Å². The Balaban J connectivity index is 2.01. The lowest BCUT2D eigenvalue weighted by Gasteiger charge is -2.13. The highest BCUT2D eigenvalue weighted by atomic mass is 32.1. The van der Waals surface area contributed by atoms with Gasteiger partial charge in [0.2, 0.25) is 0 Å². The third-order valence-corrected chi connectivity index (χ3v) is 2.90. The Morgan fingerprint density at radius 3 is 3.07 bits per heavy atom. The van der Waals surface area contributed by atoms with Crippen molar-refractivity contribution < 1.29 is 4.74 Å². The second-order valence-electron chi connectivity index (χ2n) is 3.61. The molecule has 1 aromatic heterocycles. The van der Waals surface area contributed by atoms with Crippen molar-refractivity contribution in [2.24, 2.45) is 0 Å². The van der Waals surface area contributed by atoms with E-state index < -0.39 is 0 Å². The summed E-state index contributed by atoms with van der Waals surface area (Å²) in [5.41, 5.74) is 1.36. The Hall–Kier alpha value is -0.420. The van der Waals surface area contributed by atoms with Gasteiger partial charge in [0.1, 0.15) is 0 Å². The van der Waals surface area contributed by atoms with Crippen LogP contribution >= 0.6 is 11.3 Å². The van der Waals surface area contributed by atoms with Gasteiger partial charge in [-0.15, -0.1) is 0 Å². The zero-order valence-corrected chi connectivity index (χ0v) is 10.3. The molecule has 3 nitrogen and oxygen atoms in total. The second kappa shape index (κ2) is 7.82. The normalized spacial score (nSPS) is 12.9. The lowest BCUT2D eigenvalue weighted by atomic mass is 10.3. The van der Waals surface area contributed by atoms with E-state index in [0.29, 0.717) is 6.04 Å². The molecule has 0 aliphatic heterocycles. The molecule has 0 amide bonds. The fourth-order valence-corrected chi connectivity index (χ4v) is 1.92. The Labute approximate surface area is 95.8 Å². The maximum Gasteiger partial charge on any atom is 0.0587 e. The molecule has 4 heteroatoms. The van der Waals surface area contributed by atoms with Gasteiger partial charge in [-0.05, 0) is 29.3 Å². The van der Waals surface area contributed by atoms with Crippen molar-refractivity contribution >= 4 is 11.3 Å². The van der Waals surface area contributed by atoms with E-state index in [1.165, 1.54) is 5.56 Å². The smallest absolute Gasteiger partial charge is 0.0587 e. The molecule has 0 spiro atoms. The van der Waals surface area contributed by atoms with Gasteiger partial charge >= 0.3 is 0 Å². The molecule has 2 N–H and O–H groups in total. The number of thiophene rings is 1. The molecule has 1 atom stereocenters. The first-order valence-corrected chi connectivity index (χ1v) is 6.21. The van der Waals surface area contributed by atoms with E-state index in [9.17, 15) is 0 Å². The van der Waals surface area contributed by atoms with Crippen molar-refractivity contribution in [2.75, 3.05) is 26.8 Å². The van der Waals surface area contributed by atoms with Crippen LogP contribution in [0, 0.1) is 0 Å². The maximum atomic E-state index is 4.96. The lowest BCUT2D eigenvalue weighted by Crippen LogP contribution is -2.37. The molecule has 1 heterocycles. The van der Waals surface area contributed by atoms with Crippen LogP contribution in [0.1, 0.15) is 12.5 Å². The molecule has 1 aromatic rings. The first-order chi connectivity index (χ1) is 7.33. The van der Waals surface area contributed by atoms with Gasteiger partial charge in [0, 0.05) is 32.8 Å². The van der Waals surface area contributed by atoms with E-state index in [0.717, 1.165) is 26.2 Å². The molecule has 0 aliphatic carbocycles. The van der Waals surface area contributed by atoms with Gasteiger partial charge in [-0.2, -0.15) is 11.3 Å². The minimum atomic E-state index is 0.488. The van der Waals surface area contributed by atoms with E-state index in [1.54, 1.807) is 18.4 Å². The average molecular weight is 228 g/mol. The van der Waals surface area contributed by atoms with Gasteiger partial charge in [-0.25, -0.2) is 0 Å². The Kier molecular flexibility index (Phi) is 6.59. The predicted molar refractivity (Wildman–Crippen MR) is 65.4 cm³/mol. The van der Waals surface area contributed by atoms with E-state index >= 15 is 0 Å². The Bertz CT molecular complexity index is 239. The van der Waals surface area contributed by atoms with Gasteiger partial charge in [0.05, 0.1) is 6.61 Å². The van der Waals surface area contributed by atoms with Crippen molar-refractivity contribution in [3.8, 4) is 0 Å². The fraction of sp³-hybridized carbons (Fsp3) is 0.636. The zero-order valence-electron chi connectivity index (χ0n) is 9.45. The summed E-state index contributed by atoms with van der Waals surface area (Å²) in [6.07, 6.45) is 0. The van der Waals surface area contributed by atoms with Crippen molar-refractivity contribution in [3.63, 3.8) is 0 Å². The number of rotatable bonds is 8. The lowest BCUT2D eigenvalue weighted by molar-refractivity contribution is 0.198. The van der Waals surface area contributed by atoms with Crippen LogP contribution in [0.15, 0.2) is 16.8 Å². The minimum absolute atomic E-state index is 0.488. The summed E-state index contributed by atoms with van der Waals surface area (Å²) in [6.45, 7) is 5.81. The highest BCUT2D eigenvalue weighted by Gasteiger charge is 2.00. The molecule has 0 saturated heterocycles. The molecule has 15 heavy (non-hydrogen) atoms. The third kappa shape index (κ3) is 5.89. The minimum Gasteiger partial charge on any atom is -0.383 e. The summed E-state index contributed by atoms with van der Waals surface area (Å²) >= 11 is 1.74. The largest absolute Gasteiger partial charge is 0.383 e. The summed E-state index contributed by atoms with van der Waals surface area (Å²) < 4.78 is 4.96. The van der Waals surface area contributed by atoms with Crippen LogP contribution in [-0.4, -0.2) is 32.8 Å². The van der Waals surface area contributed by atoms with Gasteiger partial charge in [0.15, 0.2) is 0 Å². The van der Waals surface area contributed by atoms with E-state index in [4.69, 9.17) is 4.74 Å². The second-order valence-corrected chi connectivity index (χ2v) is 4.39. The van der Waals surface area contributed by atoms with Crippen molar-refractivity contribution in [2.45, 2.75) is 19.5 Å². The third-order valence-electron chi connectivity index (χ3n) is 2.17. The quantitative estimate of drug-likeness (QED) is 0.661. The SMILES string of the molecule is COCCNCC(C)NCc1ccsc1. The van der Waals surface area contributed by atoms with E-state index in [-0.39, 0.29) is 0 Å². The van der Waals surface area contributed by atoms with Crippen LogP contribution in [0.25, 0.3) is 0 Å². The summed E-state index contributed by atoms with van der Waals surface area (Å²) in [6, 6.07) is 2.64. The van der Waals surface area contributed by atoms with Crippen LogP contribution in [0.3, 0.4) is 0 Å². The molecular weight excluding hydrogens is 208 g/mol. The summed E-state index contributed by atoms with van der Waals surface area (Å²) in [7, 11) is 1.72. The average Bonchev–Trinajstić information content (AvgIpc) is 2.74. The molecule has 1 rings (SSSR count). The standard InChI is InChI=1S/C11H20N2OS/c1-10(7-12-4-5-14-2)13-8-11-3-6-15-9-11/h3,6,9-10,12-13H,4-5,7-8H2,1-2H3. The molecule has 86 valence electrons. The molecule has 0 saturated carbocycles. The molecule has 0 bridgehead atoms. The Morgan fingerprint density at radius 2 is 2.40 bits per heavy atom. The predicted octanol–water partition coefficient (Wildman–Crippen LogP) is 1.46.